The quantitative estimate of drug-likeness (QED) is 0.757. The van der Waals surface area contributed by atoms with Crippen LogP contribution in [-0.4, -0.2) is 42.9 Å². The molecule has 1 aliphatic heterocycles. The molecular weight excluding hydrogens is 338 g/mol. The minimum Gasteiger partial charge on any atom is -0.459 e. The van der Waals surface area contributed by atoms with Crippen molar-refractivity contribution in [1.29, 1.82) is 0 Å². The number of hydrogen-bond donors (Lipinski definition) is 2. The van der Waals surface area contributed by atoms with Gasteiger partial charge in [-0.15, -0.1) is 11.3 Å². The second-order valence-electron chi connectivity index (χ2n) is 6.06. The minimum atomic E-state index is -0.300. The molecule has 7 heteroatoms. The van der Waals surface area contributed by atoms with Crippen LogP contribution >= 0.6 is 11.3 Å². The summed E-state index contributed by atoms with van der Waals surface area (Å²) in [6, 6.07) is 7.67. The lowest BCUT2D eigenvalue weighted by Crippen LogP contribution is -2.37. The first-order valence-electron chi connectivity index (χ1n) is 8.60. The smallest absolute Gasteiger partial charge is 0.286 e. The maximum atomic E-state index is 12.1. The SMILES string of the molecule is O=C(CCNC(=O)c1ccco1)NCC(c1cccs1)N1CCCC1. The Balaban J connectivity index is 1.43. The molecule has 0 radical (unpaired) electrons. The van der Waals surface area contributed by atoms with Gasteiger partial charge in [-0.25, -0.2) is 0 Å². The van der Waals surface area contributed by atoms with Gasteiger partial charge in [0.15, 0.2) is 5.76 Å². The molecule has 2 aromatic heterocycles. The highest BCUT2D eigenvalue weighted by atomic mass is 32.1. The molecule has 0 bridgehead atoms. The van der Waals surface area contributed by atoms with Gasteiger partial charge in [0.1, 0.15) is 0 Å². The van der Waals surface area contributed by atoms with Gasteiger partial charge in [0, 0.05) is 24.4 Å². The van der Waals surface area contributed by atoms with Crippen LogP contribution in [0.25, 0.3) is 0 Å². The van der Waals surface area contributed by atoms with Crippen molar-refractivity contribution >= 4 is 23.2 Å². The molecule has 1 aliphatic rings. The minimum absolute atomic E-state index is 0.0551. The van der Waals surface area contributed by atoms with E-state index in [1.54, 1.807) is 23.5 Å². The number of nitrogens with zero attached hydrogens (tertiary/aromatic N) is 1. The van der Waals surface area contributed by atoms with Gasteiger partial charge in [0.2, 0.25) is 5.91 Å². The zero-order valence-corrected chi connectivity index (χ0v) is 14.9. The molecule has 0 aromatic carbocycles. The molecule has 0 spiro atoms. The summed E-state index contributed by atoms with van der Waals surface area (Å²) < 4.78 is 5.01. The van der Waals surface area contributed by atoms with E-state index in [9.17, 15) is 9.59 Å². The summed E-state index contributed by atoms with van der Waals surface area (Å²) in [7, 11) is 0. The molecule has 1 saturated heterocycles. The van der Waals surface area contributed by atoms with E-state index in [0.717, 1.165) is 13.1 Å². The molecule has 2 amide bonds. The normalized spacial score (nSPS) is 15.8. The van der Waals surface area contributed by atoms with E-state index in [1.165, 1.54) is 24.0 Å². The van der Waals surface area contributed by atoms with Crippen LogP contribution in [0, 0.1) is 0 Å². The lowest BCUT2D eigenvalue weighted by molar-refractivity contribution is -0.121. The van der Waals surface area contributed by atoms with Crippen LogP contribution in [0.4, 0.5) is 0 Å². The molecule has 2 N–H and O–H groups in total. The standard InChI is InChI=1S/C18H23N3O3S/c22-17(7-8-19-18(23)15-5-3-11-24-15)20-13-14(16-6-4-12-25-16)21-9-1-2-10-21/h3-6,11-12,14H,1-2,7-10,13H2,(H,19,23)(H,20,22). The van der Waals surface area contributed by atoms with Crippen molar-refractivity contribution < 1.29 is 14.0 Å². The Labute approximate surface area is 151 Å². The molecule has 1 atom stereocenters. The summed E-state index contributed by atoms with van der Waals surface area (Å²) in [5.74, 6) is -0.0981. The summed E-state index contributed by atoms with van der Waals surface area (Å²) in [6.07, 6.45) is 4.14. The zero-order valence-electron chi connectivity index (χ0n) is 14.1. The van der Waals surface area contributed by atoms with E-state index in [0.29, 0.717) is 13.1 Å². The van der Waals surface area contributed by atoms with Crippen LogP contribution in [0.1, 0.15) is 40.7 Å². The Kier molecular flexibility index (Phi) is 6.25. The summed E-state index contributed by atoms with van der Waals surface area (Å²) in [5.41, 5.74) is 0. The van der Waals surface area contributed by atoms with Crippen molar-refractivity contribution in [3.63, 3.8) is 0 Å². The van der Waals surface area contributed by atoms with Crippen LogP contribution in [-0.2, 0) is 4.79 Å². The molecule has 6 nitrogen and oxygen atoms in total. The van der Waals surface area contributed by atoms with E-state index in [1.807, 2.05) is 0 Å². The van der Waals surface area contributed by atoms with Gasteiger partial charge in [-0.2, -0.15) is 0 Å². The molecule has 3 rings (SSSR count). The number of rotatable bonds is 8. The molecular formula is C18H23N3O3S. The van der Waals surface area contributed by atoms with E-state index in [-0.39, 0.29) is 30.0 Å². The topological polar surface area (TPSA) is 74.6 Å². The van der Waals surface area contributed by atoms with E-state index >= 15 is 0 Å². The predicted octanol–water partition coefficient (Wildman–Crippen LogP) is 2.41. The van der Waals surface area contributed by atoms with Gasteiger partial charge in [0.25, 0.3) is 5.91 Å². The van der Waals surface area contributed by atoms with Gasteiger partial charge >= 0.3 is 0 Å². The monoisotopic (exact) mass is 361 g/mol. The Morgan fingerprint density at radius 2 is 2.04 bits per heavy atom. The fourth-order valence-corrected chi connectivity index (χ4v) is 3.89. The number of hydrogen-bond acceptors (Lipinski definition) is 5. The first-order valence-corrected chi connectivity index (χ1v) is 9.48. The van der Waals surface area contributed by atoms with Crippen LogP contribution in [0.3, 0.4) is 0 Å². The molecule has 0 saturated carbocycles. The van der Waals surface area contributed by atoms with Crippen molar-refractivity contribution in [1.82, 2.24) is 15.5 Å². The summed E-state index contributed by atoms with van der Waals surface area (Å²) >= 11 is 1.73. The molecule has 25 heavy (non-hydrogen) atoms. The van der Waals surface area contributed by atoms with Crippen LogP contribution in [0.2, 0.25) is 0 Å². The van der Waals surface area contributed by atoms with Gasteiger partial charge in [0.05, 0.1) is 12.3 Å². The van der Waals surface area contributed by atoms with Crippen molar-refractivity contribution in [2.45, 2.75) is 25.3 Å². The third kappa shape index (κ3) is 4.93. The number of nitrogens with one attached hydrogen (secondary N) is 2. The maximum absolute atomic E-state index is 12.1. The molecule has 1 fully saturated rings. The second-order valence-corrected chi connectivity index (χ2v) is 7.04. The van der Waals surface area contributed by atoms with E-state index in [4.69, 9.17) is 4.42 Å². The van der Waals surface area contributed by atoms with Gasteiger partial charge in [-0.1, -0.05) is 6.07 Å². The van der Waals surface area contributed by atoms with Crippen molar-refractivity contribution in [2.24, 2.45) is 0 Å². The fourth-order valence-electron chi connectivity index (χ4n) is 3.03. The molecule has 1 unspecified atom stereocenters. The van der Waals surface area contributed by atoms with Gasteiger partial charge < -0.3 is 15.1 Å². The highest BCUT2D eigenvalue weighted by Crippen LogP contribution is 2.27. The fraction of sp³-hybridized carbons (Fsp3) is 0.444. The number of furan rings is 1. The van der Waals surface area contributed by atoms with Gasteiger partial charge in [-0.3, -0.25) is 14.5 Å². The van der Waals surface area contributed by atoms with E-state index in [2.05, 4.69) is 33.0 Å². The third-order valence-corrected chi connectivity index (χ3v) is 5.30. The van der Waals surface area contributed by atoms with E-state index < -0.39 is 0 Å². The lowest BCUT2D eigenvalue weighted by Gasteiger charge is -2.26. The van der Waals surface area contributed by atoms with Gasteiger partial charge in [-0.05, 0) is 49.5 Å². The van der Waals surface area contributed by atoms with Crippen LogP contribution in [0.15, 0.2) is 40.3 Å². The molecule has 134 valence electrons. The number of thiophene rings is 1. The Morgan fingerprint density at radius 1 is 1.20 bits per heavy atom. The summed E-state index contributed by atoms with van der Waals surface area (Å²) in [6.45, 7) is 3.06. The predicted molar refractivity (Wildman–Crippen MR) is 96.5 cm³/mol. The lowest BCUT2D eigenvalue weighted by atomic mass is 10.2. The maximum Gasteiger partial charge on any atom is 0.286 e. The average molecular weight is 361 g/mol. The first-order chi connectivity index (χ1) is 12.2. The highest BCUT2D eigenvalue weighted by molar-refractivity contribution is 7.10. The Hall–Kier alpha value is -2.12. The van der Waals surface area contributed by atoms with Crippen LogP contribution in [0.5, 0.6) is 0 Å². The molecule has 2 aromatic rings. The Morgan fingerprint density at radius 3 is 2.72 bits per heavy atom. The number of carbonyl (C=O) groups excluding carboxylic acids is 2. The largest absolute Gasteiger partial charge is 0.459 e. The van der Waals surface area contributed by atoms with Crippen molar-refractivity contribution in [3.8, 4) is 0 Å². The molecule has 3 heterocycles. The highest BCUT2D eigenvalue weighted by Gasteiger charge is 2.24. The van der Waals surface area contributed by atoms with Crippen molar-refractivity contribution in [2.75, 3.05) is 26.2 Å². The number of amides is 2. The second kappa shape index (κ2) is 8.82. The summed E-state index contributed by atoms with van der Waals surface area (Å²) in [5, 5.41) is 7.77. The number of carbonyl (C=O) groups is 2. The van der Waals surface area contributed by atoms with Crippen LogP contribution < -0.4 is 10.6 Å². The summed E-state index contributed by atoms with van der Waals surface area (Å²) in [4.78, 5) is 27.6. The average Bonchev–Trinajstić information content (AvgIpc) is 3.37. The zero-order chi connectivity index (χ0) is 17.5. The Bertz CT molecular complexity index is 664. The van der Waals surface area contributed by atoms with Crippen molar-refractivity contribution in [3.05, 3.63) is 46.5 Å². The molecule has 0 aliphatic carbocycles. The first kappa shape index (κ1) is 17.7. The number of likely N-dealkylation sites (tertiary alicyclic amines) is 1. The third-order valence-electron chi connectivity index (χ3n) is 4.33.